The van der Waals surface area contributed by atoms with Gasteiger partial charge in [0.05, 0.1) is 18.1 Å². The zero-order valence-corrected chi connectivity index (χ0v) is 17.2. The number of aryl methyl sites for hydroxylation is 1. The molecule has 2 heterocycles. The van der Waals surface area contributed by atoms with Gasteiger partial charge in [0.15, 0.2) is 0 Å². The maximum atomic E-state index is 12.3. The lowest BCUT2D eigenvalue weighted by atomic mass is 9.56. The predicted octanol–water partition coefficient (Wildman–Crippen LogP) is 3.47. The van der Waals surface area contributed by atoms with Crippen molar-refractivity contribution in [2.45, 2.75) is 65.3 Å². The molecule has 0 radical (unpaired) electrons. The molecule has 5 nitrogen and oxygen atoms in total. The third-order valence-electron chi connectivity index (χ3n) is 7.32. The van der Waals surface area contributed by atoms with Crippen LogP contribution in [0, 0.1) is 24.2 Å². The van der Waals surface area contributed by atoms with E-state index >= 15 is 0 Å². The van der Waals surface area contributed by atoms with Crippen LogP contribution >= 0.6 is 0 Å². The number of nitrogens with zero attached hydrogens (tertiary/aromatic N) is 4. The molecule has 1 aromatic rings. The topological polar surface area (TPSA) is 49.3 Å². The largest absolute Gasteiger partial charge is 0.366 e. The number of rotatable bonds is 4. The van der Waals surface area contributed by atoms with Crippen LogP contribution in [-0.4, -0.2) is 52.9 Å². The third-order valence-corrected chi connectivity index (χ3v) is 7.32. The van der Waals surface area contributed by atoms with Crippen molar-refractivity contribution in [3.63, 3.8) is 0 Å². The van der Waals surface area contributed by atoms with Crippen LogP contribution in [0.15, 0.2) is 12.4 Å². The zero-order chi connectivity index (χ0) is 19.0. The van der Waals surface area contributed by atoms with E-state index in [-0.39, 0.29) is 5.92 Å². The molecule has 1 aliphatic heterocycles. The molecule has 0 N–H and O–H groups in total. The molecule has 1 saturated heterocycles. The molecule has 4 rings (SSSR count). The average molecular weight is 371 g/mol. The van der Waals surface area contributed by atoms with Gasteiger partial charge in [0, 0.05) is 44.1 Å². The Balaban J connectivity index is 1.23. The van der Waals surface area contributed by atoms with Gasteiger partial charge >= 0.3 is 0 Å². The fraction of sp³-hybridized carbons (Fsp3) is 0.773. The molecule has 1 spiro atoms. The Kier molecular flexibility index (Phi) is 5.23. The second kappa shape index (κ2) is 7.50. The van der Waals surface area contributed by atoms with E-state index in [0.29, 0.717) is 17.1 Å². The number of carbonyl (C=O) groups excluding carboxylic acids is 1. The number of hydrogen-bond acceptors (Lipinski definition) is 5. The van der Waals surface area contributed by atoms with Crippen molar-refractivity contribution < 1.29 is 4.79 Å². The van der Waals surface area contributed by atoms with Crippen molar-refractivity contribution in [3.8, 4) is 0 Å². The molecule has 0 aromatic carbocycles. The van der Waals surface area contributed by atoms with E-state index in [0.717, 1.165) is 56.6 Å². The van der Waals surface area contributed by atoms with E-state index in [4.69, 9.17) is 0 Å². The normalized spacial score (nSPS) is 31.9. The minimum atomic E-state index is 0.202. The standard InChI is InChI=1S/C22H34N4O/c1-16(2)21(27)18-4-6-22(7-5-18)12-19(13-22)25-8-10-26(11-9-25)20-14-23-17(3)24-15-20/h14-16,18-19H,4-13H2,1-3H3. The van der Waals surface area contributed by atoms with E-state index in [1.807, 2.05) is 19.3 Å². The molecule has 0 unspecified atom stereocenters. The third kappa shape index (κ3) is 3.89. The summed E-state index contributed by atoms with van der Waals surface area (Å²) in [6, 6.07) is 0.763. The van der Waals surface area contributed by atoms with Crippen LogP contribution in [0.2, 0.25) is 0 Å². The summed E-state index contributed by atoms with van der Waals surface area (Å²) in [5, 5.41) is 0. The molecule has 5 heteroatoms. The summed E-state index contributed by atoms with van der Waals surface area (Å²) in [5.41, 5.74) is 1.71. The highest BCUT2D eigenvalue weighted by molar-refractivity contribution is 5.82. The van der Waals surface area contributed by atoms with Gasteiger partial charge in [-0.25, -0.2) is 9.97 Å². The summed E-state index contributed by atoms with van der Waals surface area (Å²) in [7, 11) is 0. The molecule has 0 atom stereocenters. The van der Waals surface area contributed by atoms with Crippen LogP contribution in [0.1, 0.15) is 58.2 Å². The van der Waals surface area contributed by atoms with Crippen LogP contribution in [0.5, 0.6) is 0 Å². The summed E-state index contributed by atoms with van der Waals surface area (Å²) in [4.78, 5) is 26.0. The molecular formula is C22H34N4O. The van der Waals surface area contributed by atoms with Crippen molar-refractivity contribution in [2.24, 2.45) is 17.3 Å². The lowest BCUT2D eigenvalue weighted by Gasteiger charge is -2.56. The predicted molar refractivity (Wildman–Crippen MR) is 108 cm³/mol. The summed E-state index contributed by atoms with van der Waals surface area (Å²) in [6.07, 6.45) is 11.4. The molecule has 3 fully saturated rings. The summed E-state index contributed by atoms with van der Waals surface area (Å²) < 4.78 is 0. The molecular weight excluding hydrogens is 336 g/mol. The fourth-order valence-corrected chi connectivity index (χ4v) is 5.49. The first-order valence-corrected chi connectivity index (χ1v) is 10.8. The lowest BCUT2D eigenvalue weighted by Crippen LogP contribution is -2.57. The molecule has 27 heavy (non-hydrogen) atoms. The highest BCUT2D eigenvalue weighted by Gasteiger charge is 2.48. The van der Waals surface area contributed by atoms with Crippen LogP contribution < -0.4 is 4.90 Å². The van der Waals surface area contributed by atoms with Gasteiger partial charge in [0.25, 0.3) is 0 Å². The highest BCUT2D eigenvalue weighted by Crippen LogP contribution is 2.54. The number of hydrogen-bond donors (Lipinski definition) is 0. The summed E-state index contributed by atoms with van der Waals surface area (Å²) in [6.45, 7) is 10.5. The van der Waals surface area contributed by atoms with Gasteiger partial charge in [-0.15, -0.1) is 0 Å². The van der Waals surface area contributed by atoms with Gasteiger partial charge in [0.1, 0.15) is 11.6 Å². The van der Waals surface area contributed by atoms with Crippen molar-refractivity contribution in [2.75, 3.05) is 31.1 Å². The SMILES string of the molecule is Cc1ncc(N2CCN(C3CC4(CCC(C(=O)C(C)C)CC4)C3)CC2)cn1. The minimum absolute atomic E-state index is 0.202. The molecule has 3 aliphatic rings. The molecule has 1 aromatic heterocycles. The van der Waals surface area contributed by atoms with Crippen molar-refractivity contribution >= 4 is 11.5 Å². The van der Waals surface area contributed by atoms with Crippen LogP contribution in [0.4, 0.5) is 5.69 Å². The van der Waals surface area contributed by atoms with E-state index in [1.165, 1.54) is 25.7 Å². The Hall–Kier alpha value is -1.49. The van der Waals surface area contributed by atoms with Crippen LogP contribution in [-0.2, 0) is 4.79 Å². The number of Topliss-reactive ketones (excluding diaryl/α,β-unsaturated/α-hetero) is 1. The van der Waals surface area contributed by atoms with Crippen LogP contribution in [0.25, 0.3) is 0 Å². The smallest absolute Gasteiger partial charge is 0.138 e. The first-order chi connectivity index (χ1) is 13.0. The number of piperazine rings is 1. The number of ketones is 1. The van der Waals surface area contributed by atoms with Gasteiger partial charge < -0.3 is 4.90 Å². The van der Waals surface area contributed by atoms with Gasteiger partial charge in [-0.1, -0.05) is 13.8 Å². The van der Waals surface area contributed by atoms with E-state index < -0.39 is 0 Å². The van der Waals surface area contributed by atoms with Crippen LogP contribution in [0.3, 0.4) is 0 Å². The van der Waals surface area contributed by atoms with Gasteiger partial charge in [0.2, 0.25) is 0 Å². The molecule has 0 bridgehead atoms. The Morgan fingerprint density at radius 1 is 1.07 bits per heavy atom. The second-order valence-corrected chi connectivity index (χ2v) is 9.40. The van der Waals surface area contributed by atoms with Crippen molar-refractivity contribution in [1.82, 2.24) is 14.9 Å². The minimum Gasteiger partial charge on any atom is -0.366 e. The number of anilines is 1. The maximum Gasteiger partial charge on any atom is 0.138 e. The van der Waals surface area contributed by atoms with Gasteiger partial charge in [-0.3, -0.25) is 9.69 Å². The Bertz CT molecular complexity index is 647. The van der Waals surface area contributed by atoms with Crippen molar-refractivity contribution in [1.29, 1.82) is 0 Å². The maximum absolute atomic E-state index is 12.3. The first kappa shape index (κ1) is 18.9. The van der Waals surface area contributed by atoms with E-state index in [1.54, 1.807) is 0 Å². The zero-order valence-electron chi connectivity index (χ0n) is 17.2. The highest BCUT2D eigenvalue weighted by atomic mass is 16.1. The molecule has 2 saturated carbocycles. The average Bonchev–Trinajstić information content (AvgIpc) is 2.66. The van der Waals surface area contributed by atoms with Gasteiger partial charge in [-0.2, -0.15) is 0 Å². The quantitative estimate of drug-likeness (QED) is 0.812. The fourth-order valence-electron chi connectivity index (χ4n) is 5.49. The van der Waals surface area contributed by atoms with E-state index in [9.17, 15) is 4.79 Å². The van der Waals surface area contributed by atoms with Crippen molar-refractivity contribution in [3.05, 3.63) is 18.2 Å². The number of aromatic nitrogens is 2. The summed E-state index contributed by atoms with van der Waals surface area (Å²) in [5.74, 6) is 1.88. The second-order valence-electron chi connectivity index (χ2n) is 9.40. The monoisotopic (exact) mass is 370 g/mol. The molecule has 148 valence electrons. The lowest BCUT2D eigenvalue weighted by molar-refractivity contribution is -0.129. The molecule has 2 aliphatic carbocycles. The Morgan fingerprint density at radius 2 is 1.67 bits per heavy atom. The first-order valence-electron chi connectivity index (χ1n) is 10.8. The Labute approximate surface area is 163 Å². The van der Waals surface area contributed by atoms with Gasteiger partial charge in [-0.05, 0) is 50.9 Å². The molecule has 0 amide bonds. The number of carbonyl (C=O) groups is 1. The summed E-state index contributed by atoms with van der Waals surface area (Å²) >= 11 is 0. The van der Waals surface area contributed by atoms with E-state index in [2.05, 4.69) is 33.6 Å². The Morgan fingerprint density at radius 3 is 2.22 bits per heavy atom.